The molecule has 0 bridgehead atoms. The summed E-state index contributed by atoms with van der Waals surface area (Å²) in [5.74, 6) is -0.410. The summed E-state index contributed by atoms with van der Waals surface area (Å²) < 4.78 is 13.2. The van der Waals surface area contributed by atoms with E-state index in [1.165, 1.54) is 24.4 Å². The molecular weight excluding hydrogens is 271 g/mol. The van der Waals surface area contributed by atoms with Crippen molar-refractivity contribution in [3.63, 3.8) is 0 Å². The Balaban J connectivity index is 2.15. The van der Waals surface area contributed by atoms with Gasteiger partial charge in [-0.1, -0.05) is 0 Å². The smallest absolute Gasteiger partial charge is 0.211 e. The fraction of sp³-hybridized carbons (Fsp3) is 0.133. The third-order valence-corrected chi connectivity index (χ3v) is 2.87. The van der Waals surface area contributed by atoms with E-state index in [0.717, 1.165) is 17.0 Å². The predicted molar refractivity (Wildman–Crippen MR) is 81.5 cm³/mol. The van der Waals surface area contributed by atoms with Gasteiger partial charge in [0.25, 0.3) is 0 Å². The van der Waals surface area contributed by atoms with Crippen molar-refractivity contribution in [2.24, 2.45) is 10.2 Å². The zero-order valence-corrected chi connectivity index (χ0v) is 11.7. The number of aromatic amines is 1. The second kappa shape index (κ2) is 6.60. The van der Waals surface area contributed by atoms with Crippen molar-refractivity contribution in [1.82, 2.24) is 4.98 Å². The van der Waals surface area contributed by atoms with Crippen LogP contribution in [0.4, 0.5) is 10.1 Å². The molecule has 21 heavy (non-hydrogen) atoms. The number of amides is 1. The standard InChI is InChI=1S/C15H15FN4O/c1-10-5-11(2)20-15(10)8-19-18-7-12-6-13(16)3-4-14(12)17-9-21/h3-9,20H,1-2H3,(H,17,21)/b18-7+,19-8+. The van der Waals surface area contributed by atoms with Crippen LogP contribution in [-0.2, 0) is 4.79 Å². The molecule has 1 aromatic carbocycles. The first-order valence-corrected chi connectivity index (χ1v) is 6.32. The number of carbonyl (C=O) groups is 1. The van der Waals surface area contributed by atoms with Gasteiger partial charge in [-0.05, 0) is 43.7 Å². The van der Waals surface area contributed by atoms with Crippen LogP contribution in [0.1, 0.15) is 22.5 Å². The van der Waals surface area contributed by atoms with Crippen molar-refractivity contribution in [2.45, 2.75) is 13.8 Å². The van der Waals surface area contributed by atoms with Gasteiger partial charge >= 0.3 is 0 Å². The van der Waals surface area contributed by atoms with E-state index in [-0.39, 0.29) is 0 Å². The van der Waals surface area contributed by atoms with Crippen molar-refractivity contribution < 1.29 is 9.18 Å². The van der Waals surface area contributed by atoms with Crippen molar-refractivity contribution in [2.75, 3.05) is 5.32 Å². The Bertz CT molecular complexity index is 704. The maximum Gasteiger partial charge on any atom is 0.211 e. The number of hydrogen-bond acceptors (Lipinski definition) is 3. The zero-order chi connectivity index (χ0) is 15.2. The van der Waals surface area contributed by atoms with Crippen molar-refractivity contribution >= 4 is 24.5 Å². The van der Waals surface area contributed by atoms with Crippen LogP contribution in [0.15, 0.2) is 34.5 Å². The number of anilines is 1. The normalized spacial score (nSPS) is 11.4. The van der Waals surface area contributed by atoms with Crippen LogP contribution in [0.5, 0.6) is 0 Å². The number of benzene rings is 1. The highest BCUT2D eigenvalue weighted by Gasteiger charge is 2.01. The van der Waals surface area contributed by atoms with Crippen molar-refractivity contribution in [1.29, 1.82) is 0 Å². The molecule has 2 N–H and O–H groups in total. The lowest BCUT2D eigenvalue weighted by Gasteiger charge is -2.02. The third-order valence-electron chi connectivity index (χ3n) is 2.87. The summed E-state index contributed by atoms with van der Waals surface area (Å²) in [6, 6.07) is 6.00. The zero-order valence-electron chi connectivity index (χ0n) is 11.7. The number of carbonyl (C=O) groups excluding carboxylic acids is 1. The largest absolute Gasteiger partial charge is 0.358 e. The van der Waals surface area contributed by atoms with Crippen LogP contribution in [-0.4, -0.2) is 23.8 Å². The Morgan fingerprint density at radius 3 is 2.62 bits per heavy atom. The molecule has 6 heteroatoms. The number of rotatable bonds is 5. The summed E-state index contributed by atoms with van der Waals surface area (Å²) in [7, 11) is 0. The molecule has 0 saturated carbocycles. The van der Waals surface area contributed by atoms with E-state index in [2.05, 4.69) is 20.5 Å². The van der Waals surface area contributed by atoms with E-state index in [1.807, 2.05) is 19.9 Å². The summed E-state index contributed by atoms with van der Waals surface area (Å²) >= 11 is 0. The van der Waals surface area contributed by atoms with E-state index in [0.29, 0.717) is 17.7 Å². The molecule has 0 aliphatic heterocycles. The highest BCUT2D eigenvalue weighted by molar-refractivity contribution is 5.91. The summed E-state index contributed by atoms with van der Waals surface area (Å²) in [5, 5.41) is 10.3. The average molecular weight is 286 g/mol. The second-order valence-corrected chi connectivity index (χ2v) is 4.53. The number of aryl methyl sites for hydroxylation is 2. The van der Waals surface area contributed by atoms with Gasteiger partial charge in [-0.2, -0.15) is 10.2 Å². The number of nitrogens with zero attached hydrogens (tertiary/aromatic N) is 2. The lowest BCUT2D eigenvalue weighted by molar-refractivity contribution is -0.105. The van der Waals surface area contributed by atoms with Crippen LogP contribution in [0.25, 0.3) is 0 Å². The van der Waals surface area contributed by atoms with Crippen LogP contribution in [0.2, 0.25) is 0 Å². The topological polar surface area (TPSA) is 69.6 Å². The minimum atomic E-state index is -0.410. The van der Waals surface area contributed by atoms with Gasteiger partial charge in [0.1, 0.15) is 5.82 Å². The molecule has 0 unspecified atom stereocenters. The molecule has 0 aliphatic carbocycles. The third kappa shape index (κ3) is 3.85. The van der Waals surface area contributed by atoms with Gasteiger partial charge in [-0.15, -0.1) is 0 Å². The molecule has 0 spiro atoms. The second-order valence-electron chi connectivity index (χ2n) is 4.53. The van der Waals surface area contributed by atoms with Crippen LogP contribution in [0, 0.1) is 19.7 Å². The minimum absolute atomic E-state index is 0.410. The van der Waals surface area contributed by atoms with Gasteiger partial charge in [0.2, 0.25) is 6.41 Å². The molecular formula is C15H15FN4O. The van der Waals surface area contributed by atoms with E-state index in [1.54, 1.807) is 6.21 Å². The SMILES string of the molecule is Cc1cc(C)c(/C=N/N=C/c2cc(F)ccc2NC=O)[nH]1. The Kier molecular flexibility index (Phi) is 4.61. The summed E-state index contributed by atoms with van der Waals surface area (Å²) in [5.41, 5.74) is 3.90. The van der Waals surface area contributed by atoms with E-state index in [4.69, 9.17) is 0 Å². The number of H-pyrrole nitrogens is 1. The minimum Gasteiger partial charge on any atom is -0.358 e. The van der Waals surface area contributed by atoms with Crippen LogP contribution >= 0.6 is 0 Å². The molecule has 1 heterocycles. The Morgan fingerprint density at radius 1 is 1.19 bits per heavy atom. The molecule has 2 aromatic rings. The van der Waals surface area contributed by atoms with Gasteiger partial charge in [0, 0.05) is 16.9 Å². The van der Waals surface area contributed by atoms with E-state index in [9.17, 15) is 9.18 Å². The monoisotopic (exact) mass is 286 g/mol. The summed E-state index contributed by atoms with van der Waals surface area (Å²) in [4.78, 5) is 13.6. The van der Waals surface area contributed by atoms with Gasteiger partial charge in [0.05, 0.1) is 18.1 Å². The summed E-state index contributed by atoms with van der Waals surface area (Å²) in [6.07, 6.45) is 3.50. The summed E-state index contributed by atoms with van der Waals surface area (Å²) in [6.45, 7) is 3.92. The Labute approximate surface area is 121 Å². The molecule has 0 aliphatic rings. The van der Waals surface area contributed by atoms with Crippen LogP contribution in [0.3, 0.4) is 0 Å². The van der Waals surface area contributed by atoms with Gasteiger partial charge < -0.3 is 10.3 Å². The quantitative estimate of drug-likeness (QED) is 0.495. The van der Waals surface area contributed by atoms with Crippen molar-refractivity contribution in [3.05, 3.63) is 52.6 Å². The van der Waals surface area contributed by atoms with Gasteiger partial charge in [0.15, 0.2) is 0 Å². The van der Waals surface area contributed by atoms with Crippen molar-refractivity contribution in [3.8, 4) is 0 Å². The number of halogens is 1. The van der Waals surface area contributed by atoms with E-state index >= 15 is 0 Å². The first-order valence-electron chi connectivity index (χ1n) is 6.32. The first-order chi connectivity index (χ1) is 10.1. The molecule has 0 fully saturated rings. The van der Waals surface area contributed by atoms with Gasteiger partial charge in [-0.25, -0.2) is 4.39 Å². The first kappa shape index (κ1) is 14.6. The molecule has 0 atom stereocenters. The molecule has 0 saturated heterocycles. The average Bonchev–Trinajstić information content (AvgIpc) is 2.76. The molecule has 1 aromatic heterocycles. The van der Waals surface area contributed by atoms with Gasteiger partial charge in [-0.3, -0.25) is 4.79 Å². The predicted octanol–water partition coefficient (Wildman–Crippen LogP) is 2.79. The Hall–Kier alpha value is -2.76. The molecule has 1 amide bonds. The van der Waals surface area contributed by atoms with E-state index < -0.39 is 5.82 Å². The highest BCUT2D eigenvalue weighted by Crippen LogP contribution is 2.14. The lowest BCUT2D eigenvalue weighted by atomic mass is 10.2. The molecule has 2 rings (SSSR count). The fourth-order valence-electron chi connectivity index (χ4n) is 1.91. The number of aromatic nitrogens is 1. The molecule has 0 radical (unpaired) electrons. The number of hydrogen-bond donors (Lipinski definition) is 2. The number of nitrogens with one attached hydrogen (secondary N) is 2. The Morgan fingerprint density at radius 2 is 1.95 bits per heavy atom. The maximum absolute atomic E-state index is 13.2. The molecule has 5 nitrogen and oxygen atoms in total. The lowest BCUT2D eigenvalue weighted by Crippen LogP contribution is -1.98. The highest BCUT2D eigenvalue weighted by atomic mass is 19.1. The molecule has 108 valence electrons. The van der Waals surface area contributed by atoms with Crippen LogP contribution < -0.4 is 5.32 Å². The fourth-order valence-corrected chi connectivity index (χ4v) is 1.91. The maximum atomic E-state index is 13.2.